The molecule has 0 aromatic rings. The molecule has 0 saturated carbocycles. The SMILES string of the molecule is C=C1C(Br)=CC(Br)=C(OC2=C(Br)C=C(Br)C(=C)C2Br)C1Br. The molecule has 0 amide bonds. The summed E-state index contributed by atoms with van der Waals surface area (Å²) in [6, 6.07) is 0. The summed E-state index contributed by atoms with van der Waals surface area (Å²) in [6.45, 7) is 8.09. The summed E-state index contributed by atoms with van der Waals surface area (Å²) < 4.78 is 9.72. The van der Waals surface area contributed by atoms with Gasteiger partial charge in [-0.2, -0.15) is 0 Å². The number of rotatable bonds is 2. The van der Waals surface area contributed by atoms with E-state index in [1.807, 2.05) is 12.2 Å². The smallest absolute Gasteiger partial charge is 0.136 e. The highest BCUT2D eigenvalue weighted by Gasteiger charge is 2.31. The van der Waals surface area contributed by atoms with E-state index in [1.54, 1.807) is 0 Å². The monoisotopic (exact) mass is 666 g/mol. The third kappa shape index (κ3) is 3.79. The second-order valence-electron chi connectivity index (χ2n) is 4.29. The molecule has 1 nitrogen and oxygen atoms in total. The molecular weight excluding hydrogens is 664 g/mol. The zero-order valence-electron chi connectivity index (χ0n) is 10.4. The van der Waals surface area contributed by atoms with E-state index < -0.39 is 0 Å². The van der Waals surface area contributed by atoms with E-state index in [9.17, 15) is 0 Å². The average molecular weight is 672 g/mol. The van der Waals surface area contributed by atoms with Gasteiger partial charge < -0.3 is 4.74 Å². The Morgan fingerprint density at radius 2 is 1.10 bits per heavy atom. The van der Waals surface area contributed by atoms with E-state index in [0.717, 1.165) is 40.6 Å². The van der Waals surface area contributed by atoms with E-state index in [0.29, 0.717) is 0 Å². The van der Waals surface area contributed by atoms with E-state index in [1.165, 1.54) is 0 Å². The van der Waals surface area contributed by atoms with Crippen molar-refractivity contribution in [2.24, 2.45) is 0 Å². The molecule has 2 atom stereocenters. The Hall–Kier alpha value is 1.12. The van der Waals surface area contributed by atoms with Crippen LogP contribution in [0.2, 0.25) is 0 Å². The van der Waals surface area contributed by atoms with Crippen LogP contribution in [-0.4, -0.2) is 9.65 Å². The van der Waals surface area contributed by atoms with Crippen molar-refractivity contribution in [3.05, 3.63) is 65.9 Å². The predicted molar refractivity (Wildman–Crippen MR) is 111 cm³/mol. The summed E-state index contributed by atoms with van der Waals surface area (Å²) in [5.41, 5.74) is 1.81. The van der Waals surface area contributed by atoms with Crippen molar-refractivity contribution in [3.63, 3.8) is 0 Å². The summed E-state index contributed by atoms with van der Waals surface area (Å²) >= 11 is 21.2. The highest BCUT2D eigenvalue weighted by molar-refractivity contribution is 9.13. The Morgan fingerprint density at radius 3 is 1.43 bits per heavy atom. The zero-order chi connectivity index (χ0) is 15.9. The van der Waals surface area contributed by atoms with Crippen molar-refractivity contribution in [3.8, 4) is 0 Å². The highest BCUT2D eigenvalue weighted by atomic mass is 79.9. The normalized spacial score (nSPS) is 27.0. The lowest BCUT2D eigenvalue weighted by Crippen LogP contribution is -2.19. The lowest BCUT2D eigenvalue weighted by molar-refractivity contribution is 0.293. The van der Waals surface area contributed by atoms with Crippen molar-refractivity contribution < 1.29 is 4.74 Å². The van der Waals surface area contributed by atoms with Gasteiger partial charge in [0.05, 0.1) is 18.6 Å². The maximum Gasteiger partial charge on any atom is 0.136 e. The quantitative estimate of drug-likeness (QED) is 0.278. The van der Waals surface area contributed by atoms with Crippen LogP contribution in [0.5, 0.6) is 0 Å². The number of hydrogen-bond donors (Lipinski definition) is 0. The topological polar surface area (TPSA) is 9.23 Å². The average Bonchev–Trinajstić information content (AvgIpc) is 2.42. The summed E-state index contributed by atoms with van der Waals surface area (Å²) in [5, 5.41) is 0. The minimum atomic E-state index is -0.110. The molecule has 0 aliphatic heterocycles. The van der Waals surface area contributed by atoms with Crippen LogP contribution in [0.15, 0.2) is 65.9 Å². The minimum Gasteiger partial charge on any atom is -0.461 e. The lowest BCUT2D eigenvalue weighted by Gasteiger charge is -2.28. The fraction of sp³-hybridized carbons (Fsp3) is 0.143. The first-order chi connectivity index (χ1) is 9.73. The molecule has 0 radical (unpaired) electrons. The van der Waals surface area contributed by atoms with Crippen molar-refractivity contribution in [1.82, 2.24) is 0 Å². The molecule has 2 unspecified atom stereocenters. The van der Waals surface area contributed by atoms with Gasteiger partial charge in [0.1, 0.15) is 11.5 Å². The van der Waals surface area contributed by atoms with Crippen molar-refractivity contribution in [2.45, 2.75) is 9.65 Å². The molecule has 21 heavy (non-hydrogen) atoms. The van der Waals surface area contributed by atoms with Crippen LogP contribution in [0.4, 0.5) is 0 Å². The molecule has 2 aliphatic carbocycles. The van der Waals surface area contributed by atoms with Crippen LogP contribution in [0, 0.1) is 0 Å². The van der Waals surface area contributed by atoms with Crippen LogP contribution in [0.25, 0.3) is 0 Å². The molecule has 0 aromatic carbocycles. The molecule has 0 aromatic heterocycles. The second kappa shape index (κ2) is 7.34. The first kappa shape index (κ1) is 18.5. The Morgan fingerprint density at radius 1 is 0.762 bits per heavy atom. The molecule has 112 valence electrons. The Balaban J connectivity index is 2.42. The fourth-order valence-electron chi connectivity index (χ4n) is 1.67. The van der Waals surface area contributed by atoms with Gasteiger partial charge in [0, 0.05) is 8.96 Å². The summed E-state index contributed by atoms with van der Waals surface area (Å²) in [5.74, 6) is 1.50. The van der Waals surface area contributed by atoms with Gasteiger partial charge >= 0.3 is 0 Å². The molecule has 0 N–H and O–H groups in total. The van der Waals surface area contributed by atoms with Gasteiger partial charge in [-0.15, -0.1) is 0 Å². The standard InChI is InChI=1S/C14H8Br6O/c1-5-7(15)3-9(17)13(11(5)19)21-14-10(18)4-8(16)6(2)12(14)20/h3-4,11-12H,1-2H2. The van der Waals surface area contributed by atoms with E-state index in [4.69, 9.17) is 4.74 Å². The minimum absolute atomic E-state index is 0.110. The largest absolute Gasteiger partial charge is 0.461 e. The van der Waals surface area contributed by atoms with Crippen LogP contribution < -0.4 is 0 Å². The highest BCUT2D eigenvalue weighted by Crippen LogP contribution is 2.44. The summed E-state index contributed by atoms with van der Waals surface area (Å²) in [4.78, 5) is -0.220. The maximum absolute atomic E-state index is 6.14. The van der Waals surface area contributed by atoms with Gasteiger partial charge in [0.15, 0.2) is 0 Å². The van der Waals surface area contributed by atoms with Gasteiger partial charge in [-0.05, 0) is 55.2 Å². The lowest BCUT2D eigenvalue weighted by atomic mass is 10.1. The van der Waals surface area contributed by atoms with Crippen molar-refractivity contribution >= 4 is 95.6 Å². The molecule has 0 fully saturated rings. The van der Waals surface area contributed by atoms with Crippen LogP contribution in [0.3, 0.4) is 0 Å². The van der Waals surface area contributed by atoms with Gasteiger partial charge in [-0.1, -0.05) is 76.9 Å². The molecular formula is C14H8Br6O. The van der Waals surface area contributed by atoms with Gasteiger partial charge in [-0.3, -0.25) is 0 Å². The number of alkyl halides is 2. The van der Waals surface area contributed by atoms with E-state index >= 15 is 0 Å². The van der Waals surface area contributed by atoms with E-state index in [2.05, 4.69) is 109 Å². The zero-order valence-corrected chi connectivity index (χ0v) is 19.9. The maximum atomic E-state index is 6.14. The Kier molecular flexibility index (Phi) is 6.46. The number of allylic oxidation sites excluding steroid dienone is 8. The van der Waals surface area contributed by atoms with Crippen molar-refractivity contribution in [2.75, 3.05) is 0 Å². The Bertz CT molecular complexity index is 596. The molecule has 0 bridgehead atoms. The fourth-order valence-corrected chi connectivity index (χ4v) is 6.68. The predicted octanol–water partition coefficient (Wildman–Crippen LogP) is 7.44. The third-order valence-electron chi connectivity index (χ3n) is 2.88. The number of hydrogen-bond acceptors (Lipinski definition) is 1. The molecule has 0 spiro atoms. The molecule has 2 rings (SSSR count). The first-order valence-electron chi connectivity index (χ1n) is 5.62. The second-order valence-corrected chi connectivity index (χ2v) is 9.54. The van der Waals surface area contributed by atoms with Crippen LogP contribution in [0.1, 0.15) is 0 Å². The first-order valence-corrected chi connectivity index (χ1v) is 10.6. The summed E-state index contributed by atoms with van der Waals surface area (Å²) in [7, 11) is 0. The van der Waals surface area contributed by atoms with Crippen LogP contribution in [-0.2, 0) is 4.74 Å². The van der Waals surface area contributed by atoms with E-state index in [-0.39, 0.29) is 9.65 Å². The molecule has 2 aliphatic rings. The van der Waals surface area contributed by atoms with Gasteiger partial charge in [0.25, 0.3) is 0 Å². The Labute approximate surface area is 174 Å². The van der Waals surface area contributed by atoms with Gasteiger partial charge in [-0.25, -0.2) is 0 Å². The number of halogens is 6. The number of ether oxygens (including phenoxy) is 1. The van der Waals surface area contributed by atoms with Crippen molar-refractivity contribution in [1.29, 1.82) is 0 Å². The van der Waals surface area contributed by atoms with Crippen LogP contribution >= 0.6 is 95.6 Å². The summed E-state index contributed by atoms with van der Waals surface area (Å²) in [6.07, 6.45) is 3.85. The third-order valence-corrected chi connectivity index (χ3v) is 7.54. The molecule has 0 heterocycles. The molecule has 0 saturated heterocycles. The van der Waals surface area contributed by atoms with Gasteiger partial charge in [0.2, 0.25) is 0 Å². The molecule has 7 heteroatoms.